The third-order valence-electron chi connectivity index (χ3n) is 6.61. The molecule has 2 aromatic rings. The van der Waals surface area contributed by atoms with Gasteiger partial charge in [0, 0.05) is 17.4 Å². The first kappa shape index (κ1) is 20.5. The first-order valence-electron chi connectivity index (χ1n) is 9.82. The molecule has 0 aliphatic heterocycles. The molecular formula is C24H36NO+. The molecule has 0 aromatic heterocycles. The Bertz CT molecular complexity index is 712. The summed E-state index contributed by atoms with van der Waals surface area (Å²) in [7, 11) is 2.36. The third-order valence-corrected chi connectivity index (χ3v) is 6.61. The number of hydrogen-bond donors (Lipinski definition) is 1. The summed E-state index contributed by atoms with van der Waals surface area (Å²) in [6.45, 7) is 14.7. The molecule has 2 nitrogen and oxygen atoms in total. The fraction of sp³-hybridized carbons (Fsp3) is 0.500. The molecule has 1 atom stereocenters. The topological polar surface area (TPSA) is 20.2 Å². The Labute approximate surface area is 160 Å². The van der Waals surface area contributed by atoms with Crippen LogP contribution in [-0.2, 0) is 5.41 Å². The predicted octanol–water partition coefficient (Wildman–Crippen LogP) is 5.66. The van der Waals surface area contributed by atoms with E-state index in [1.165, 1.54) is 11.1 Å². The predicted molar refractivity (Wildman–Crippen MR) is 112 cm³/mol. The summed E-state index contributed by atoms with van der Waals surface area (Å²) in [4.78, 5) is 0. The standard InChI is InChI=1S/C24H35NO/c1-18(2)25(7,19(3)4)16-15-24(6,21-11-9-8-10-12-21)22-17-20(5)13-14-23(22)26/h8-14,17-19H,15-16H2,1-7H3/p+1. The molecule has 26 heavy (non-hydrogen) atoms. The van der Waals surface area contributed by atoms with Crippen LogP contribution in [0.5, 0.6) is 5.75 Å². The normalized spacial score (nSPS) is 14.7. The Morgan fingerprint density at radius 1 is 0.962 bits per heavy atom. The zero-order valence-corrected chi connectivity index (χ0v) is 17.6. The molecule has 2 heteroatoms. The number of hydrogen-bond acceptors (Lipinski definition) is 1. The SMILES string of the molecule is Cc1ccc(O)c(C(C)(CC[N+](C)(C(C)C)C(C)C)c2ccccc2)c1. The smallest absolute Gasteiger partial charge is 0.119 e. The van der Waals surface area contributed by atoms with Crippen LogP contribution in [0.2, 0.25) is 0 Å². The van der Waals surface area contributed by atoms with Crippen LogP contribution >= 0.6 is 0 Å². The number of aromatic hydroxyl groups is 1. The minimum absolute atomic E-state index is 0.222. The van der Waals surface area contributed by atoms with Gasteiger partial charge in [-0.2, -0.15) is 0 Å². The number of quaternary nitrogens is 1. The van der Waals surface area contributed by atoms with Gasteiger partial charge in [-0.3, -0.25) is 0 Å². The number of phenolic OH excluding ortho intramolecular Hbond substituents is 1. The highest BCUT2D eigenvalue weighted by Crippen LogP contribution is 2.41. The van der Waals surface area contributed by atoms with Crippen molar-refractivity contribution in [1.29, 1.82) is 0 Å². The average Bonchev–Trinajstić information content (AvgIpc) is 2.61. The van der Waals surface area contributed by atoms with Crippen molar-refractivity contribution in [2.24, 2.45) is 0 Å². The maximum absolute atomic E-state index is 10.7. The number of aryl methyl sites for hydroxylation is 1. The Morgan fingerprint density at radius 3 is 2.08 bits per heavy atom. The molecule has 0 amide bonds. The largest absolute Gasteiger partial charge is 0.508 e. The minimum Gasteiger partial charge on any atom is -0.508 e. The van der Waals surface area contributed by atoms with Gasteiger partial charge in [0.15, 0.2) is 0 Å². The first-order valence-corrected chi connectivity index (χ1v) is 9.82. The molecule has 0 aliphatic rings. The third kappa shape index (κ3) is 3.96. The van der Waals surface area contributed by atoms with Crippen LogP contribution in [-0.4, -0.2) is 35.3 Å². The van der Waals surface area contributed by atoms with E-state index < -0.39 is 0 Å². The highest BCUT2D eigenvalue weighted by molar-refractivity contribution is 5.47. The summed E-state index contributed by atoms with van der Waals surface area (Å²) in [5.41, 5.74) is 3.26. The van der Waals surface area contributed by atoms with Gasteiger partial charge in [-0.1, -0.05) is 55.0 Å². The van der Waals surface area contributed by atoms with Crippen LogP contribution in [0.15, 0.2) is 48.5 Å². The number of rotatable bonds is 7. The summed E-state index contributed by atoms with van der Waals surface area (Å²) in [5.74, 6) is 0.394. The van der Waals surface area contributed by atoms with Crippen molar-refractivity contribution in [3.05, 3.63) is 65.2 Å². The highest BCUT2D eigenvalue weighted by atomic mass is 16.3. The number of phenols is 1. The van der Waals surface area contributed by atoms with Crippen molar-refractivity contribution < 1.29 is 9.59 Å². The molecule has 0 saturated heterocycles. The lowest BCUT2D eigenvalue weighted by Gasteiger charge is -2.45. The van der Waals surface area contributed by atoms with Gasteiger partial charge in [0.05, 0.1) is 25.7 Å². The van der Waals surface area contributed by atoms with Gasteiger partial charge in [0.25, 0.3) is 0 Å². The molecule has 1 N–H and O–H groups in total. The maximum Gasteiger partial charge on any atom is 0.119 e. The lowest BCUT2D eigenvalue weighted by Crippen LogP contribution is -2.56. The fourth-order valence-corrected chi connectivity index (χ4v) is 3.91. The van der Waals surface area contributed by atoms with E-state index in [0.29, 0.717) is 17.8 Å². The van der Waals surface area contributed by atoms with Crippen molar-refractivity contribution in [3.8, 4) is 5.75 Å². The molecule has 0 spiro atoms. The molecule has 0 heterocycles. The van der Waals surface area contributed by atoms with Gasteiger partial charge in [0.1, 0.15) is 5.75 Å². The summed E-state index contributed by atoms with van der Waals surface area (Å²) >= 11 is 0. The summed E-state index contributed by atoms with van der Waals surface area (Å²) in [6, 6.07) is 17.7. The second kappa shape index (κ2) is 7.84. The van der Waals surface area contributed by atoms with E-state index >= 15 is 0 Å². The average molecular weight is 355 g/mol. The van der Waals surface area contributed by atoms with Crippen molar-refractivity contribution in [1.82, 2.24) is 0 Å². The van der Waals surface area contributed by atoms with Crippen LogP contribution in [0.1, 0.15) is 57.7 Å². The Hall–Kier alpha value is -1.80. The minimum atomic E-state index is -0.222. The lowest BCUT2D eigenvalue weighted by molar-refractivity contribution is -0.949. The van der Waals surface area contributed by atoms with E-state index in [0.717, 1.165) is 23.0 Å². The fourth-order valence-electron chi connectivity index (χ4n) is 3.91. The summed E-state index contributed by atoms with van der Waals surface area (Å²) in [6.07, 6.45) is 0.987. The molecule has 1 unspecified atom stereocenters. The molecule has 2 rings (SSSR count). The Balaban J connectivity index is 2.51. The monoisotopic (exact) mass is 354 g/mol. The van der Waals surface area contributed by atoms with Gasteiger partial charge in [-0.05, 0) is 46.2 Å². The van der Waals surface area contributed by atoms with Gasteiger partial charge < -0.3 is 9.59 Å². The van der Waals surface area contributed by atoms with E-state index in [1.54, 1.807) is 0 Å². The Morgan fingerprint density at radius 2 is 1.54 bits per heavy atom. The van der Waals surface area contributed by atoms with Gasteiger partial charge in [-0.15, -0.1) is 0 Å². The van der Waals surface area contributed by atoms with E-state index in [4.69, 9.17) is 0 Å². The van der Waals surface area contributed by atoms with Crippen molar-refractivity contribution in [2.75, 3.05) is 13.6 Å². The molecule has 2 aromatic carbocycles. The highest BCUT2D eigenvalue weighted by Gasteiger charge is 2.37. The van der Waals surface area contributed by atoms with Crippen molar-refractivity contribution in [2.45, 2.75) is 65.5 Å². The van der Waals surface area contributed by atoms with Crippen LogP contribution in [0.4, 0.5) is 0 Å². The quantitative estimate of drug-likeness (QED) is 0.636. The van der Waals surface area contributed by atoms with Crippen LogP contribution < -0.4 is 0 Å². The summed E-state index contributed by atoms with van der Waals surface area (Å²) in [5, 5.41) is 10.7. The number of benzene rings is 2. The molecule has 0 saturated carbocycles. The maximum atomic E-state index is 10.7. The second-order valence-corrected chi connectivity index (χ2v) is 8.73. The van der Waals surface area contributed by atoms with Crippen molar-refractivity contribution in [3.63, 3.8) is 0 Å². The zero-order valence-electron chi connectivity index (χ0n) is 17.6. The lowest BCUT2D eigenvalue weighted by atomic mass is 9.72. The van der Waals surface area contributed by atoms with Crippen LogP contribution in [0.3, 0.4) is 0 Å². The molecule has 0 radical (unpaired) electrons. The van der Waals surface area contributed by atoms with Crippen molar-refractivity contribution >= 4 is 0 Å². The van der Waals surface area contributed by atoms with Crippen LogP contribution in [0, 0.1) is 6.92 Å². The Kier molecular flexibility index (Phi) is 6.18. The molecule has 0 fully saturated rings. The van der Waals surface area contributed by atoms with Gasteiger partial charge >= 0.3 is 0 Å². The van der Waals surface area contributed by atoms with E-state index in [1.807, 2.05) is 12.1 Å². The second-order valence-electron chi connectivity index (χ2n) is 8.73. The van der Waals surface area contributed by atoms with E-state index in [-0.39, 0.29) is 5.41 Å². The number of nitrogens with zero attached hydrogens (tertiary/aromatic N) is 1. The molecule has 142 valence electrons. The molecular weight excluding hydrogens is 318 g/mol. The molecule has 0 aliphatic carbocycles. The first-order chi connectivity index (χ1) is 12.1. The van der Waals surface area contributed by atoms with Gasteiger partial charge in [-0.25, -0.2) is 0 Å². The summed E-state index contributed by atoms with van der Waals surface area (Å²) < 4.78 is 1.02. The van der Waals surface area contributed by atoms with Gasteiger partial charge in [0.2, 0.25) is 0 Å². The van der Waals surface area contributed by atoms with E-state index in [2.05, 4.69) is 85.0 Å². The van der Waals surface area contributed by atoms with E-state index in [9.17, 15) is 5.11 Å². The molecule has 0 bridgehead atoms. The zero-order chi connectivity index (χ0) is 19.5. The van der Waals surface area contributed by atoms with Crippen LogP contribution in [0.25, 0.3) is 0 Å².